The number of ether oxygens (including phenoxy) is 1. The lowest BCUT2D eigenvalue weighted by Crippen LogP contribution is -2.45. The standard InChI is InChI=1S/C19H35NO4/c1-5-6-7-8-9-10-11-12-13-14-19(23)24-17(15-18(21)22)16-20(2,3)4/h5,17H,1,6-16H2,2-4H3. The Labute approximate surface area is 147 Å². The molecule has 0 aromatic rings. The number of carboxylic acid groups (broad SMARTS) is 1. The van der Waals surface area contributed by atoms with Crippen molar-refractivity contribution in [3.63, 3.8) is 0 Å². The molecule has 0 rings (SSSR count). The van der Waals surface area contributed by atoms with Gasteiger partial charge in [-0.3, -0.25) is 4.79 Å². The van der Waals surface area contributed by atoms with Gasteiger partial charge in [-0.1, -0.05) is 38.2 Å². The van der Waals surface area contributed by atoms with E-state index in [0.29, 0.717) is 17.4 Å². The summed E-state index contributed by atoms with van der Waals surface area (Å²) in [5.74, 6) is -1.49. The first-order chi connectivity index (χ1) is 11.2. The number of carbonyl (C=O) groups is 2. The molecule has 0 saturated heterocycles. The van der Waals surface area contributed by atoms with Gasteiger partial charge in [0.15, 0.2) is 6.10 Å². The number of esters is 1. The Balaban J connectivity index is 3.84. The van der Waals surface area contributed by atoms with Crippen molar-refractivity contribution in [1.82, 2.24) is 0 Å². The van der Waals surface area contributed by atoms with E-state index in [1.54, 1.807) is 0 Å². The van der Waals surface area contributed by atoms with Crippen LogP contribution in [0.15, 0.2) is 12.7 Å². The summed E-state index contributed by atoms with van der Waals surface area (Å²) in [5, 5.41) is 10.8. The SMILES string of the molecule is C=CCCCCCCCCCC(=O)OC(CC(=O)[O-])C[N+](C)(C)C. The minimum absolute atomic E-state index is 0.244. The minimum Gasteiger partial charge on any atom is -0.550 e. The molecule has 0 spiro atoms. The largest absolute Gasteiger partial charge is 0.550 e. The summed E-state index contributed by atoms with van der Waals surface area (Å²) in [6.45, 7) is 4.17. The van der Waals surface area contributed by atoms with Crippen LogP contribution in [0.3, 0.4) is 0 Å². The van der Waals surface area contributed by atoms with E-state index < -0.39 is 12.1 Å². The molecule has 0 saturated carbocycles. The Hall–Kier alpha value is -1.36. The van der Waals surface area contributed by atoms with Crippen LogP contribution in [-0.2, 0) is 14.3 Å². The second-order valence-electron chi connectivity index (χ2n) is 7.46. The first-order valence-corrected chi connectivity index (χ1v) is 9.05. The molecule has 0 aliphatic carbocycles. The van der Waals surface area contributed by atoms with Crippen molar-refractivity contribution in [2.24, 2.45) is 0 Å². The average molecular weight is 341 g/mol. The monoisotopic (exact) mass is 341 g/mol. The van der Waals surface area contributed by atoms with E-state index >= 15 is 0 Å². The molecule has 140 valence electrons. The molecule has 0 heterocycles. The average Bonchev–Trinajstić information content (AvgIpc) is 2.42. The van der Waals surface area contributed by atoms with E-state index in [9.17, 15) is 14.7 Å². The van der Waals surface area contributed by atoms with Gasteiger partial charge in [-0.25, -0.2) is 0 Å². The normalized spacial score (nSPS) is 12.6. The Morgan fingerprint density at radius 3 is 2.08 bits per heavy atom. The van der Waals surface area contributed by atoms with E-state index in [2.05, 4.69) is 6.58 Å². The number of carboxylic acids is 1. The summed E-state index contributed by atoms with van der Waals surface area (Å²) in [6, 6.07) is 0. The number of quaternary nitrogens is 1. The van der Waals surface area contributed by atoms with Crippen LogP contribution in [0.1, 0.15) is 64.2 Å². The molecular formula is C19H35NO4. The highest BCUT2D eigenvalue weighted by molar-refractivity contribution is 5.70. The molecule has 5 nitrogen and oxygen atoms in total. The zero-order valence-corrected chi connectivity index (χ0v) is 15.7. The van der Waals surface area contributed by atoms with Crippen LogP contribution in [0, 0.1) is 0 Å². The summed E-state index contributed by atoms with van der Waals surface area (Å²) in [7, 11) is 5.81. The molecule has 24 heavy (non-hydrogen) atoms. The number of rotatable bonds is 15. The number of likely N-dealkylation sites (N-methyl/N-ethyl adjacent to an activating group) is 1. The highest BCUT2D eigenvalue weighted by Crippen LogP contribution is 2.11. The van der Waals surface area contributed by atoms with E-state index in [1.807, 2.05) is 27.2 Å². The molecule has 0 aromatic carbocycles. The third-order valence-corrected chi connectivity index (χ3v) is 3.73. The van der Waals surface area contributed by atoms with Crippen LogP contribution < -0.4 is 5.11 Å². The molecule has 0 fully saturated rings. The second kappa shape index (κ2) is 13.0. The van der Waals surface area contributed by atoms with Crippen LogP contribution in [0.4, 0.5) is 0 Å². The van der Waals surface area contributed by atoms with Crippen LogP contribution in [0.5, 0.6) is 0 Å². The van der Waals surface area contributed by atoms with Gasteiger partial charge in [-0.2, -0.15) is 0 Å². The van der Waals surface area contributed by atoms with Gasteiger partial charge in [-0.15, -0.1) is 6.58 Å². The number of unbranched alkanes of at least 4 members (excludes halogenated alkanes) is 7. The molecule has 0 amide bonds. The fourth-order valence-electron chi connectivity index (χ4n) is 2.63. The van der Waals surface area contributed by atoms with Crippen molar-refractivity contribution in [1.29, 1.82) is 0 Å². The molecule has 0 aliphatic rings. The Bertz CT molecular complexity index is 374. The van der Waals surface area contributed by atoms with Crippen LogP contribution >= 0.6 is 0 Å². The quantitative estimate of drug-likeness (QED) is 0.199. The predicted octanol–water partition coefficient (Wildman–Crippen LogP) is 2.44. The number of aliphatic carboxylic acids is 1. The highest BCUT2D eigenvalue weighted by Gasteiger charge is 2.22. The molecule has 1 atom stereocenters. The zero-order valence-electron chi connectivity index (χ0n) is 15.7. The Kier molecular flexibility index (Phi) is 12.3. The summed E-state index contributed by atoms with van der Waals surface area (Å²) in [5.41, 5.74) is 0. The first kappa shape index (κ1) is 22.6. The molecule has 0 radical (unpaired) electrons. The lowest BCUT2D eigenvalue weighted by Gasteiger charge is -2.29. The van der Waals surface area contributed by atoms with Crippen molar-refractivity contribution in [3.8, 4) is 0 Å². The summed E-state index contributed by atoms with van der Waals surface area (Å²) in [4.78, 5) is 22.7. The molecule has 0 bridgehead atoms. The van der Waals surface area contributed by atoms with E-state index in [0.717, 1.165) is 25.7 Å². The van der Waals surface area contributed by atoms with Crippen LogP contribution in [-0.4, -0.2) is 50.2 Å². The maximum Gasteiger partial charge on any atom is 0.306 e. The van der Waals surface area contributed by atoms with Gasteiger partial charge in [0.25, 0.3) is 0 Å². The fraction of sp³-hybridized carbons (Fsp3) is 0.789. The predicted molar refractivity (Wildman–Crippen MR) is 94.2 cm³/mol. The fourth-order valence-corrected chi connectivity index (χ4v) is 2.63. The number of nitrogens with zero attached hydrogens (tertiary/aromatic N) is 1. The molecule has 0 aromatic heterocycles. The molecule has 5 heteroatoms. The molecule has 0 N–H and O–H groups in total. The minimum atomic E-state index is -1.18. The van der Waals surface area contributed by atoms with Crippen molar-refractivity contribution in [3.05, 3.63) is 12.7 Å². The first-order valence-electron chi connectivity index (χ1n) is 9.05. The summed E-state index contributed by atoms with van der Waals surface area (Å²) >= 11 is 0. The van der Waals surface area contributed by atoms with Crippen molar-refractivity contribution >= 4 is 11.9 Å². The zero-order chi connectivity index (χ0) is 18.4. The third kappa shape index (κ3) is 15.5. The van der Waals surface area contributed by atoms with Crippen molar-refractivity contribution < 1.29 is 23.9 Å². The lowest BCUT2D eigenvalue weighted by atomic mass is 10.1. The highest BCUT2D eigenvalue weighted by atomic mass is 16.5. The third-order valence-electron chi connectivity index (χ3n) is 3.73. The number of carbonyl (C=O) groups excluding carboxylic acids is 2. The lowest BCUT2D eigenvalue weighted by molar-refractivity contribution is -0.873. The maximum atomic E-state index is 11.9. The maximum absolute atomic E-state index is 11.9. The van der Waals surface area contributed by atoms with Gasteiger partial charge in [0.1, 0.15) is 6.54 Å². The van der Waals surface area contributed by atoms with Gasteiger partial charge < -0.3 is 19.1 Å². The Morgan fingerprint density at radius 1 is 1.04 bits per heavy atom. The number of hydrogen-bond donors (Lipinski definition) is 0. The van der Waals surface area contributed by atoms with Gasteiger partial charge in [0.2, 0.25) is 0 Å². The van der Waals surface area contributed by atoms with Crippen LogP contribution in [0.2, 0.25) is 0 Å². The van der Waals surface area contributed by atoms with Crippen LogP contribution in [0.25, 0.3) is 0 Å². The summed E-state index contributed by atoms with van der Waals surface area (Å²) < 4.78 is 5.86. The molecule has 0 aliphatic heterocycles. The molecule has 1 unspecified atom stereocenters. The van der Waals surface area contributed by atoms with Gasteiger partial charge in [0.05, 0.1) is 21.1 Å². The smallest absolute Gasteiger partial charge is 0.306 e. The second-order valence-corrected chi connectivity index (χ2v) is 7.46. The number of hydrogen-bond acceptors (Lipinski definition) is 4. The van der Waals surface area contributed by atoms with E-state index in [1.165, 1.54) is 25.7 Å². The Morgan fingerprint density at radius 2 is 1.58 bits per heavy atom. The topological polar surface area (TPSA) is 66.4 Å². The van der Waals surface area contributed by atoms with Gasteiger partial charge >= 0.3 is 5.97 Å². The number of allylic oxidation sites excluding steroid dienone is 1. The van der Waals surface area contributed by atoms with E-state index in [4.69, 9.17) is 4.74 Å². The van der Waals surface area contributed by atoms with Crippen molar-refractivity contribution in [2.75, 3.05) is 27.7 Å². The van der Waals surface area contributed by atoms with Gasteiger partial charge in [-0.05, 0) is 19.3 Å². The van der Waals surface area contributed by atoms with E-state index in [-0.39, 0.29) is 12.4 Å². The summed E-state index contributed by atoms with van der Waals surface area (Å²) in [6.07, 6.45) is 10.4. The van der Waals surface area contributed by atoms with Crippen molar-refractivity contribution in [2.45, 2.75) is 70.3 Å². The van der Waals surface area contributed by atoms with Gasteiger partial charge in [0, 0.05) is 18.8 Å². The molecular weight excluding hydrogens is 306 g/mol.